The van der Waals surface area contributed by atoms with E-state index in [1.807, 2.05) is 6.92 Å². The van der Waals surface area contributed by atoms with Gasteiger partial charge in [-0.05, 0) is 59.3 Å². The van der Waals surface area contributed by atoms with Gasteiger partial charge in [0.2, 0.25) is 0 Å². The average Bonchev–Trinajstić information content (AvgIpc) is 2.55. The molecule has 2 aromatic rings. The summed E-state index contributed by atoms with van der Waals surface area (Å²) in [5.41, 5.74) is 6.43. The van der Waals surface area contributed by atoms with E-state index in [1.165, 1.54) is 0 Å². The van der Waals surface area contributed by atoms with Gasteiger partial charge >= 0.3 is 0 Å². The fourth-order valence-electron chi connectivity index (χ4n) is 2.07. The summed E-state index contributed by atoms with van der Waals surface area (Å²) >= 11 is 20.2. The molecule has 0 bridgehead atoms. The third kappa shape index (κ3) is 5.48. The van der Waals surface area contributed by atoms with Crippen molar-refractivity contribution in [3.05, 3.63) is 56.0 Å². The van der Waals surface area contributed by atoms with Gasteiger partial charge in [-0.15, -0.1) is 0 Å². The number of rotatable bonds is 6. The Bertz CT molecular complexity index is 849. The van der Waals surface area contributed by atoms with Gasteiger partial charge in [-0.25, -0.2) is 0 Å². The Morgan fingerprint density at radius 3 is 2.62 bits per heavy atom. The van der Waals surface area contributed by atoms with Crippen molar-refractivity contribution in [3.63, 3.8) is 0 Å². The summed E-state index contributed by atoms with van der Waals surface area (Å²) in [4.78, 5) is 12.1. The molecular formula is C17H15BrCl2N2O3S. The summed E-state index contributed by atoms with van der Waals surface area (Å²) in [5, 5.41) is 3.30. The molecular weight excluding hydrogens is 463 g/mol. The molecule has 0 aliphatic rings. The molecule has 0 atom stereocenters. The number of nitrogens with two attached hydrogens (primary N) is 1. The lowest BCUT2D eigenvalue weighted by Gasteiger charge is -2.16. The molecule has 0 fully saturated rings. The predicted molar refractivity (Wildman–Crippen MR) is 110 cm³/mol. The maximum Gasteiger partial charge on any atom is 0.257 e. The molecule has 2 rings (SSSR count). The first kappa shape index (κ1) is 20.8. The Balaban J connectivity index is 2.29. The first-order valence-corrected chi connectivity index (χ1v) is 9.41. The van der Waals surface area contributed by atoms with Gasteiger partial charge in [-0.2, -0.15) is 0 Å². The maximum absolute atomic E-state index is 12.1. The second kappa shape index (κ2) is 9.41. The molecule has 0 saturated carbocycles. The topological polar surface area (TPSA) is 73.6 Å². The number of thiocarbonyl (C=S) groups is 1. The number of carbonyl (C=O) groups excluding carboxylic acids is 1. The van der Waals surface area contributed by atoms with E-state index < -0.39 is 5.91 Å². The second-order valence-corrected chi connectivity index (χ2v) is 7.20. The molecule has 0 radical (unpaired) electrons. The van der Waals surface area contributed by atoms with Crippen molar-refractivity contribution in [2.24, 2.45) is 5.73 Å². The van der Waals surface area contributed by atoms with E-state index in [0.29, 0.717) is 38.2 Å². The number of nitrogens with one attached hydrogen (secondary N) is 1. The molecule has 3 N–H and O–H groups in total. The normalized spacial score (nSPS) is 10.3. The highest BCUT2D eigenvalue weighted by molar-refractivity contribution is 9.10. The van der Waals surface area contributed by atoms with Crippen LogP contribution in [0.1, 0.15) is 22.8 Å². The van der Waals surface area contributed by atoms with Gasteiger partial charge in [0.05, 0.1) is 11.1 Å². The molecule has 0 aliphatic heterocycles. The van der Waals surface area contributed by atoms with Crippen LogP contribution in [0.4, 0.5) is 0 Å². The molecule has 0 aliphatic carbocycles. The van der Waals surface area contributed by atoms with Gasteiger partial charge in [-0.1, -0.05) is 29.3 Å². The van der Waals surface area contributed by atoms with Crippen LogP contribution in [0.5, 0.6) is 11.5 Å². The smallest absolute Gasteiger partial charge is 0.257 e. The fourth-order valence-corrected chi connectivity index (χ4v) is 3.19. The van der Waals surface area contributed by atoms with Gasteiger partial charge < -0.3 is 15.2 Å². The lowest BCUT2D eigenvalue weighted by atomic mass is 10.2. The van der Waals surface area contributed by atoms with E-state index in [2.05, 4.69) is 33.5 Å². The number of hydrogen-bond acceptors (Lipinski definition) is 4. The number of hydrogen-bond donors (Lipinski definition) is 2. The summed E-state index contributed by atoms with van der Waals surface area (Å²) in [6, 6.07) is 8.30. The molecule has 2 aromatic carbocycles. The van der Waals surface area contributed by atoms with E-state index >= 15 is 0 Å². The van der Waals surface area contributed by atoms with Gasteiger partial charge in [0.15, 0.2) is 16.6 Å². The third-order valence-electron chi connectivity index (χ3n) is 3.20. The van der Waals surface area contributed by atoms with Crippen LogP contribution in [0.25, 0.3) is 0 Å². The summed E-state index contributed by atoms with van der Waals surface area (Å²) in [7, 11) is 0. The maximum atomic E-state index is 12.1. The Morgan fingerprint density at radius 1 is 1.27 bits per heavy atom. The molecule has 9 heteroatoms. The van der Waals surface area contributed by atoms with E-state index in [0.717, 1.165) is 5.56 Å². The molecule has 0 heterocycles. The summed E-state index contributed by atoms with van der Waals surface area (Å²) in [5.74, 6) is 0.413. The van der Waals surface area contributed by atoms with Crippen LogP contribution in [0, 0.1) is 0 Å². The molecule has 138 valence electrons. The second-order valence-electron chi connectivity index (χ2n) is 5.06. The quantitative estimate of drug-likeness (QED) is 0.589. The van der Waals surface area contributed by atoms with Crippen LogP contribution < -0.4 is 20.5 Å². The van der Waals surface area contributed by atoms with Gasteiger partial charge in [0.1, 0.15) is 6.61 Å². The molecule has 0 aromatic heterocycles. The molecule has 5 nitrogen and oxygen atoms in total. The van der Waals surface area contributed by atoms with E-state index in [4.69, 9.17) is 38.4 Å². The zero-order valence-corrected chi connectivity index (χ0v) is 17.6. The largest absolute Gasteiger partial charge is 0.490 e. The van der Waals surface area contributed by atoms with Crippen LogP contribution in [0.15, 0.2) is 34.8 Å². The van der Waals surface area contributed by atoms with Gasteiger partial charge in [-0.3, -0.25) is 10.1 Å². The highest BCUT2D eigenvalue weighted by Gasteiger charge is 2.17. The van der Waals surface area contributed by atoms with Crippen molar-refractivity contribution in [1.82, 2.24) is 5.32 Å². The first-order chi connectivity index (χ1) is 12.3. The first-order valence-electron chi connectivity index (χ1n) is 7.45. The van der Waals surface area contributed by atoms with Crippen LogP contribution in [-0.2, 0) is 6.61 Å². The number of carbonyl (C=O) groups is 1. The number of amides is 1. The van der Waals surface area contributed by atoms with Crippen LogP contribution in [0.3, 0.4) is 0 Å². The summed E-state index contributed by atoms with van der Waals surface area (Å²) in [6.45, 7) is 2.42. The van der Waals surface area contributed by atoms with Crippen molar-refractivity contribution in [1.29, 1.82) is 0 Å². The minimum Gasteiger partial charge on any atom is -0.490 e. The zero-order valence-electron chi connectivity index (χ0n) is 13.6. The number of ether oxygens (including phenoxy) is 2. The standard InChI is InChI=1S/C17H15BrCl2N2O3S/c1-2-24-14-6-10(16(23)22-17(21)26)5-12(18)15(14)25-8-9-3-4-11(19)7-13(9)20/h3-7H,2,8H2,1H3,(H3,21,22,23,26). The number of benzene rings is 2. The van der Waals surface area contributed by atoms with Gasteiger partial charge in [0, 0.05) is 21.2 Å². The van der Waals surface area contributed by atoms with Crippen molar-refractivity contribution < 1.29 is 14.3 Å². The SMILES string of the molecule is CCOc1cc(C(=O)NC(N)=S)cc(Br)c1OCc1ccc(Cl)cc1Cl. The molecule has 26 heavy (non-hydrogen) atoms. The molecule has 1 amide bonds. The highest BCUT2D eigenvalue weighted by atomic mass is 79.9. The number of halogens is 3. The summed E-state index contributed by atoms with van der Waals surface area (Å²) < 4.78 is 12.0. The molecule has 0 unspecified atom stereocenters. The minimum absolute atomic E-state index is 0.109. The monoisotopic (exact) mass is 476 g/mol. The minimum atomic E-state index is -0.438. The highest BCUT2D eigenvalue weighted by Crippen LogP contribution is 2.38. The Hall–Kier alpha value is -1.54. The van der Waals surface area contributed by atoms with Crippen molar-refractivity contribution in [3.8, 4) is 11.5 Å². The van der Waals surface area contributed by atoms with E-state index in [9.17, 15) is 4.79 Å². The van der Waals surface area contributed by atoms with Crippen molar-refractivity contribution in [2.75, 3.05) is 6.61 Å². The Kier molecular flexibility index (Phi) is 7.52. The van der Waals surface area contributed by atoms with E-state index in [-0.39, 0.29) is 11.7 Å². The van der Waals surface area contributed by atoms with E-state index in [1.54, 1.807) is 30.3 Å². The summed E-state index contributed by atoms with van der Waals surface area (Å²) in [6.07, 6.45) is 0. The Morgan fingerprint density at radius 2 is 2.00 bits per heavy atom. The fraction of sp³-hybridized carbons (Fsp3) is 0.176. The Labute approximate surface area is 174 Å². The lowest BCUT2D eigenvalue weighted by Crippen LogP contribution is -2.34. The van der Waals surface area contributed by atoms with Crippen molar-refractivity contribution in [2.45, 2.75) is 13.5 Å². The van der Waals surface area contributed by atoms with Gasteiger partial charge in [0.25, 0.3) is 5.91 Å². The van der Waals surface area contributed by atoms with Crippen LogP contribution in [0.2, 0.25) is 10.0 Å². The molecule has 0 saturated heterocycles. The van der Waals surface area contributed by atoms with Crippen LogP contribution in [-0.4, -0.2) is 17.6 Å². The van der Waals surface area contributed by atoms with Crippen molar-refractivity contribution >= 4 is 62.4 Å². The zero-order chi connectivity index (χ0) is 19.3. The lowest BCUT2D eigenvalue weighted by molar-refractivity contribution is 0.0977. The van der Waals surface area contributed by atoms with Crippen LogP contribution >= 0.6 is 51.3 Å². The third-order valence-corrected chi connectivity index (χ3v) is 4.47. The average molecular weight is 478 g/mol. The predicted octanol–water partition coefficient (Wildman–Crippen LogP) is 4.71. The molecule has 0 spiro atoms.